The molecule has 1 aromatic rings. The van der Waals surface area contributed by atoms with Gasteiger partial charge in [-0.05, 0) is 39.4 Å². The van der Waals surface area contributed by atoms with Gasteiger partial charge in [-0.25, -0.2) is 4.79 Å². The predicted molar refractivity (Wildman–Crippen MR) is 90.1 cm³/mol. The molecule has 1 heterocycles. The minimum absolute atomic E-state index is 0.0722. The number of nitrogens with zero attached hydrogens (tertiary/aromatic N) is 2. The number of rotatable bonds is 5. The van der Waals surface area contributed by atoms with E-state index < -0.39 is 5.60 Å². The number of hydrogen-bond acceptors (Lipinski definition) is 4. The third kappa shape index (κ3) is 5.22. The lowest BCUT2D eigenvalue weighted by atomic mass is 9.82. The van der Waals surface area contributed by atoms with E-state index in [9.17, 15) is 9.90 Å². The van der Waals surface area contributed by atoms with E-state index in [4.69, 9.17) is 4.74 Å². The summed E-state index contributed by atoms with van der Waals surface area (Å²) in [6.45, 7) is 3.98. The van der Waals surface area contributed by atoms with Crippen LogP contribution in [0.5, 0.6) is 0 Å². The van der Waals surface area contributed by atoms with Gasteiger partial charge in [-0.3, -0.25) is 0 Å². The summed E-state index contributed by atoms with van der Waals surface area (Å²) in [7, 11) is 3.90. The molecule has 1 N–H and O–H groups in total. The van der Waals surface area contributed by atoms with E-state index >= 15 is 0 Å². The number of amides is 1. The smallest absolute Gasteiger partial charge is 0.410 e. The second-order valence-corrected chi connectivity index (χ2v) is 6.92. The minimum Gasteiger partial charge on any atom is -0.445 e. The maximum atomic E-state index is 12.3. The highest BCUT2D eigenvalue weighted by molar-refractivity contribution is 5.67. The highest BCUT2D eigenvalue weighted by atomic mass is 16.6. The molecule has 1 aliphatic rings. The summed E-state index contributed by atoms with van der Waals surface area (Å²) >= 11 is 0. The SMILES string of the molecule is CN(C)C[C@@](C)(O)[C@H]1CCCN(C(=O)OCc2ccccc2)C1. The van der Waals surface area contributed by atoms with Gasteiger partial charge in [0.15, 0.2) is 0 Å². The minimum atomic E-state index is -0.804. The third-order valence-electron chi connectivity index (χ3n) is 4.40. The van der Waals surface area contributed by atoms with E-state index in [1.54, 1.807) is 4.90 Å². The number of likely N-dealkylation sites (N-methyl/N-ethyl adjacent to an activating group) is 1. The first kappa shape index (κ1) is 17.8. The van der Waals surface area contributed by atoms with Crippen LogP contribution in [0.4, 0.5) is 4.79 Å². The van der Waals surface area contributed by atoms with E-state index in [2.05, 4.69) is 0 Å². The summed E-state index contributed by atoms with van der Waals surface area (Å²) < 4.78 is 5.40. The highest BCUT2D eigenvalue weighted by Crippen LogP contribution is 2.28. The number of aliphatic hydroxyl groups is 1. The van der Waals surface area contributed by atoms with Crippen LogP contribution in [0.2, 0.25) is 0 Å². The van der Waals surface area contributed by atoms with Gasteiger partial charge in [0, 0.05) is 25.6 Å². The lowest BCUT2D eigenvalue weighted by molar-refractivity contribution is -0.0466. The van der Waals surface area contributed by atoms with Gasteiger partial charge in [0.2, 0.25) is 0 Å². The largest absolute Gasteiger partial charge is 0.445 e. The number of carbonyl (C=O) groups is 1. The first-order valence-electron chi connectivity index (χ1n) is 8.21. The monoisotopic (exact) mass is 320 g/mol. The molecule has 23 heavy (non-hydrogen) atoms. The van der Waals surface area contributed by atoms with Crippen molar-refractivity contribution in [2.45, 2.75) is 32.0 Å². The summed E-state index contributed by atoms with van der Waals surface area (Å²) in [6, 6.07) is 9.67. The number of hydrogen-bond donors (Lipinski definition) is 1. The van der Waals surface area contributed by atoms with Gasteiger partial charge in [-0.2, -0.15) is 0 Å². The van der Waals surface area contributed by atoms with Crippen LogP contribution in [-0.4, -0.2) is 60.3 Å². The molecule has 1 saturated heterocycles. The van der Waals surface area contributed by atoms with Crippen LogP contribution in [0, 0.1) is 5.92 Å². The topological polar surface area (TPSA) is 53.0 Å². The zero-order valence-electron chi connectivity index (χ0n) is 14.4. The van der Waals surface area contributed by atoms with E-state index in [0.717, 1.165) is 18.4 Å². The fourth-order valence-corrected chi connectivity index (χ4v) is 3.23. The highest BCUT2D eigenvalue weighted by Gasteiger charge is 2.37. The maximum Gasteiger partial charge on any atom is 0.410 e. The average Bonchev–Trinajstić information content (AvgIpc) is 2.52. The Morgan fingerprint density at radius 3 is 2.74 bits per heavy atom. The van der Waals surface area contributed by atoms with E-state index in [-0.39, 0.29) is 18.6 Å². The molecule has 1 fully saturated rings. The molecule has 5 heteroatoms. The fourth-order valence-electron chi connectivity index (χ4n) is 3.23. The number of carbonyl (C=O) groups excluding carboxylic acids is 1. The second-order valence-electron chi connectivity index (χ2n) is 6.92. The van der Waals surface area contributed by atoms with Crippen LogP contribution in [0.15, 0.2) is 30.3 Å². The Balaban J connectivity index is 1.88. The zero-order chi connectivity index (χ0) is 16.9. The molecule has 0 saturated carbocycles. The molecule has 5 nitrogen and oxygen atoms in total. The van der Waals surface area contributed by atoms with Gasteiger partial charge in [0.05, 0.1) is 5.60 Å². The molecule has 0 radical (unpaired) electrons. The van der Waals surface area contributed by atoms with Crippen molar-refractivity contribution in [1.29, 1.82) is 0 Å². The summed E-state index contributed by atoms with van der Waals surface area (Å²) in [6.07, 6.45) is 1.54. The molecule has 1 aliphatic heterocycles. The lowest BCUT2D eigenvalue weighted by Crippen LogP contribution is -2.52. The molecule has 0 aliphatic carbocycles. The molecule has 0 spiro atoms. The van der Waals surface area contributed by atoms with Gasteiger partial charge in [0.25, 0.3) is 0 Å². The Labute approximate surface area is 138 Å². The van der Waals surface area contributed by atoms with Crippen molar-refractivity contribution in [2.24, 2.45) is 5.92 Å². The summed E-state index contributed by atoms with van der Waals surface area (Å²) in [5, 5.41) is 10.7. The quantitative estimate of drug-likeness (QED) is 0.905. The molecule has 2 rings (SSSR count). The molecule has 0 unspecified atom stereocenters. The second kappa shape index (κ2) is 7.79. The van der Waals surface area contributed by atoms with Crippen molar-refractivity contribution >= 4 is 6.09 Å². The zero-order valence-corrected chi connectivity index (χ0v) is 14.4. The Bertz CT molecular complexity index is 502. The Hall–Kier alpha value is -1.59. The molecule has 2 atom stereocenters. The van der Waals surface area contributed by atoms with Gasteiger partial charge < -0.3 is 19.6 Å². The standard InChI is InChI=1S/C18H28N2O3/c1-18(22,14-19(2)3)16-10-7-11-20(12-16)17(21)23-13-15-8-5-4-6-9-15/h4-6,8-9,16,22H,7,10-14H2,1-3H3/t16-,18+/m0/s1. The van der Waals surface area contributed by atoms with Crippen LogP contribution in [0.3, 0.4) is 0 Å². The number of likely N-dealkylation sites (tertiary alicyclic amines) is 1. The molecule has 1 aromatic carbocycles. The molecule has 1 amide bonds. The number of piperidine rings is 1. The van der Waals surface area contributed by atoms with E-state index in [1.165, 1.54) is 0 Å². The summed E-state index contributed by atoms with van der Waals surface area (Å²) in [5.41, 5.74) is 0.177. The Morgan fingerprint density at radius 1 is 1.39 bits per heavy atom. The first-order chi connectivity index (χ1) is 10.9. The third-order valence-corrected chi connectivity index (χ3v) is 4.40. The molecule has 0 bridgehead atoms. The Morgan fingerprint density at radius 2 is 2.09 bits per heavy atom. The molecular weight excluding hydrogens is 292 g/mol. The van der Waals surface area contributed by atoms with Crippen molar-refractivity contribution < 1.29 is 14.6 Å². The van der Waals surface area contributed by atoms with Crippen molar-refractivity contribution in [3.8, 4) is 0 Å². The predicted octanol–water partition coefficient (Wildman–Crippen LogP) is 2.35. The van der Waals surface area contributed by atoms with Gasteiger partial charge in [-0.15, -0.1) is 0 Å². The van der Waals surface area contributed by atoms with Crippen LogP contribution in [-0.2, 0) is 11.3 Å². The van der Waals surface area contributed by atoms with Crippen molar-refractivity contribution in [3.63, 3.8) is 0 Å². The summed E-state index contributed by atoms with van der Waals surface area (Å²) in [4.78, 5) is 16.0. The average molecular weight is 320 g/mol. The number of ether oxygens (including phenoxy) is 1. The van der Waals surface area contributed by atoms with E-state index in [1.807, 2.05) is 56.3 Å². The maximum absolute atomic E-state index is 12.3. The fraction of sp³-hybridized carbons (Fsp3) is 0.611. The molecule has 0 aromatic heterocycles. The van der Waals surface area contributed by atoms with Crippen molar-refractivity contribution in [1.82, 2.24) is 9.80 Å². The lowest BCUT2D eigenvalue weighted by Gasteiger charge is -2.41. The summed E-state index contributed by atoms with van der Waals surface area (Å²) in [5.74, 6) is 0.0722. The normalized spacial score (nSPS) is 21.1. The van der Waals surface area contributed by atoms with Crippen LogP contribution in [0.25, 0.3) is 0 Å². The van der Waals surface area contributed by atoms with E-state index in [0.29, 0.717) is 19.6 Å². The van der Waals surface area contributed by atoms with Gasteiger partial charge in [0.1, 0.15) is 6.61 Å². The molecular formula is C18H28N2O3. The van der Waals surface area contributed by atoms with Crippen LogP contribution < -0.4 is 0 Å². The number of benzene rings is 1. The van der Waals surface area contributed by atoms with Crippen LogP contribution >= 0.6 is 0 Å². The Kier molecular flexibility index (Phi) is 6.02. The van der Waals surface area contributed by atoms with Crippen molar-refractivity contribution in [3.05, 3.63) is 35.9 Å². The van der Waals surface area contributed by atoms with Crippen molar-refractivity contribution in [2.75, 3.05) is 33.7 Å². The first-order valence-corrected chi connectivity index (χ1v) is 8.21. The molecule has 128 valence electrons. The van der Waals surface area contributed by atoms with Gasteiger partial charge in [-0.1, -0.05) is 30.3 Å². The van der Waals surface area contributed by atoms with Gasteiger partial charge >= 0.3 is 6.09 Å². The van der Waals surface area contributed by atoms with Crippen LogP contribution in [0.1, 0.15) is 25.3 Å².